The SMILES string of the molecule is Cc1cccc(C(=O)N2CCc3c(COCC4CC4)cncc3C2)n1. The van der Waals surface area contributed by atoms with Crippen molar-refractivity contribution in [3.05, 3.63) is 58.7 Å². The number of nitrogens with zero attached hydrogens (tertiary/aromatic N) is 3. The number of pyridine rings is 2. The van der Waals surface area contributed by atoms with Crippen LogP contribution in [0.25, 0.3) is 0 Å². The molecule has 5 nitrogen and oxygen atoms in total. The molecule has 0 radical (unpaired) electrons. The third-order valence-electron chi connectivity index (χ3n) is 4.93. The van der Waals surface area contributed by atoms with Gasteiger partial charge in [-0.25, -0.2) is 4.98 Å². The molecular weight excluding hydrogens is 314 g/mol. The van der Waals surface area contributed by atoms with Gasteiger partial charge in [0.25, 0.3) is 5.91 Å². The molecule has 2 aromatic rings. The molecule has 5 heteroatoms. The van der Waals surface area contributed by atoms with E-state index in [4.69, 9.17) is 4.74 Å². The largest absolute Gasteiger partial charge is 0.376 e. The molecule has 0 spiro atoms. The van der Waals surface area contributed by atoms with Crippen molar-refractivity contribution >= 4 is 5.91 Å². The van der Waals surface area contributed by atoms with Gasteiger partial charge in [-0.05, 0) is 60.9 Å². The van der Waals surface area contributed by atoms with Crippen molar-refractivity contribution in [1.29, 1.82) is 0 Å². The van der Waals surface area contributed by atoms with Crippen molar-refractivity contribution in [2.45, 2.75) is 39.3 Å². The lowest BCUT2D eigenvalue weighted by Gasteiger charge is -2.29. The van der Waals surface area contributed by atoms with Crippen LogP contribution in [0.3, 0.4) is 0 Å². The minimum atomic E-state index is -0.00950. The summed E-state index contributed by atoms with van der Waals surface area (Å²) in [6.07, 6.45) is 7.23. The normalized spacial score (nSPS) is 16.6. The highest BCUT2D eigenvalue weighted by atomic mass is 16.5. The topological polar surface area (TPSA) is 55.3 Å². The lowest BCUT2D eigenvalue weighted by atomic mass is 9.97. The zero-order valence-electron chi connectivity index (χ0n) is 14.6. The number of aryl methyl sites for hydroxylation is 1. The number of ether oxygens (including phenoxy) is 1. The summed E-state index contributed by atoms with van der Waals surface area (Å²) in [7, 11) is 0. The number of hydrogen-bond donors (Lipinski definition) is 0. The van der Waals surface area contributed by atoms with Crippen molar-refractivity contribution in [3.63, 3.8) is 0 Å². The summed E-state index contributed by atoms with van der Waals surface area (Å²) in [6, 6.07) is 5.57. The van der Waals surface area contributed by atoms with E-state index >= 15 is 0 Å². The molecule has 130 valence electrons. The fourth-order valence-corrected chi connectivity index (χ4v) is 3.31. The maximum absolute atomic E-state index is 12.7. The quantitative estimate of drug-likeness (QED) is 0.842. The van der Waals surface area contributed by atoms with Crippen molar-refractivity contribution < 1.29 is 9.53 Å². The predicted molar refractivity (Wildman–Crippen MR) is 94.0 cm³/mol. The van der Waals surface area contributed by atoms with Gasteiger partial charge in [-0.15, -0.1) is 0 Å². The van der Waals surface area contributed by atoms with Crippen LogP contribution in [0.1, 0.15) is 45.7 Å². The van der Waals surface area contributed by atoms with Gasteiger partial charge in [-0.1, -0.05) is 6.07 Å². The van der Waals surface area contributed by atoms with Gasteiger partial charge in [-0.2, -0.15) is 0 Å². The minimum absolute atomic E-state index is 0.00950. The Morgan fingerprint density at radius 3 is 3.00 bits per heavy atom. The molecule has 0 aromatic carbocycles. The van der Waals surface area contributed by atoms with Crippen molar-refractivity contribution in [2.75, 3.05) is 13.2 Å². The average molecular weight is 337 g/mol. The fourth-order valence-electron chi connectivity index (χ4n) is 3.31. The maximum atomic E-state index is 12.7. The monoisotopic (exact) mass is 337 g/mol. The van der Waals surface area contributed by atoms with Gasteiger partial charge in [0, 0.05) is 37.8 Å². The second kappa shape index (κ2) is 6.92. The van der Waals surface area contributed by atoms with Crippen LogP contribution in [-0.2, 0) is 24.3 Å². The first kappa shape index (κ1) is 16.2. The van der Waals surface area contributed by atoms with E-state index in [-0.39, 0.29) is 5.91 Å². The van der Waals surface area contributed by atoms with E-state index in [9.17, 15) is 4.79 Å². The number of fused-ring (bicyclic) bond motifs is 1. The summed E-state index contributed by atoms with van der Waals surface area (Å²) in [4.78, 5) is 23.3. The molecule has 25 heavy (non-hydrogen) atoms. The van der Waals surface area contributed by atoms with Crippen LogP contribution in [0.2, 0.25) is 0 Å². The van der Waals surface area contributed by atoms with Gasteiger partial charge in [-0.3, -0.25) is 9.78 Å². The minimum Gasteiger partial charge on any atom is -0.376 e. The van der Waals surface area contributed by atoms with E-state index in [2.05, 4.69) is 9.97 Å². The highest BCUT2D eigenvalue weighted by molar-refractivity contribution is 5.92. The molecule has 1 aliphatic carbocycles. The van der Waals surface area contributed by atoms with Gasteiger partial charge in [0.05, 0.1) is 6.61 Å². The fraction of sp³-hybridized carbons (Fsp3) is 0.450. The average Bonchev–Trinajstić information content (AvgIpc) is 3.45. The number of aromatic nitrogens is 2. The van der Waals surface area contributed by atoms with Crippen LogP contribution in [-0.4, -0.2) is 33.9 Å². The summed E-state index contributed by atoms with van der Waals surface area (Å²) in [5, 5.41) is 0. The highest BCUT2D eigenvalue weighted by Crippen LogP contribution is 2.29. The van der Waals surface area contributed by atoms with Gasteiger partial charge in [0.1, 0.15) is 5.69 Å². The van der Waals surface area contributed by atoms with E-state index in [1.165, 1.54) is 24.0 Å². The molecule has 3 heterocycles. The number of amides is 1. The molecule has 4 rings (SSSR count). The lowest BCUT2D eigenvalue weighted by Crippen LogP contribution is -2.37. The van der Waals surface area contributed by atoms with Crippen LogP contribution in [0.5, 0.6) is 0 Å². The molecular formula is C20H23N3O2. The Morgan fingerprint density at radius 1 is 1.32 bits per heavy atom. The van der Waals surface area contributed by atoms with Crippen LogP contribution in [0.15, 0.2) is 30.6 Å². The molecule has 0 N–H and O–H groups in total. The Morgan fingerprint density at radius 2 is 2.20 bits per heavy atom. The first-order valence-corrected chi connectivity index (χ1v) is 8.96. The zero-order chi connectivity index (χ0) is 17.2. The van der Waals surface area contributed by atoms with Crippen LogP contribution in [0, 0.1) is 12.8 Å². The molecule has 1 amide bonds. The number of carbonyl (C=O) groups excluding carboxylic acids is 1. The Hall–Kier alpha value is -2.27. The first-order chi connectivity index (χ1) is 12.2. The van der Waals surface area contributed by atoms with E-state index < -0.39 is 0 Å². The van der Waals surface area contributed by atoms with Gasteiger partial charge < -0.3 is 9.64 Å². The third-order valence-corrected chi connectivity index (χ3v) is 4.93. The smallest absolute Gasteiger partial charge is 0.272 e. The second-order valence-electron chi connectivity index (χ2n) is 7.04. The van der Waals surface area contributed by atoms with E-state index in [0.29, 0.717) is 25.4 Å². The Balaban J connectivity index is 1.46. The summed E-state index contributed by atoms with van der Waals surface area (Å²) in [5.74, 6) is 0.757. The van der Waals surface area contributed by atoms with E-state index in [0.717, 1.165) is 30.2 Å². The van der Waals surface area contributed by atoms with Crippen LogP contribution in [0.4, 0.5) is 0 Å². The molecule has 0 bridgehead atoms. The second-order valence-corrected chi connectivity index (χ2v) is 7.04. The Bertz CT molecular complexity index is 786. The number of rotatable bonds is 5. The summed E-state index contributed by atoms with van der Waals surface area (Å²) >= 11 is 0. The van der Waals surface area contributed by atoms with Crippen LogP contribution >= 0.6 is 0 Å². The molecule has 0 unspecified atom stereocenters. The van der Waals surface area contributed by atoms with Gasteiger partial charge in [0.15, 0.2) is 0 Å². The first-order valence-electron chi connectivity index (χ1n) is 8.96. The highest BCUT2D eigenvalue weighted by Gasteiger charge is 2.25. The molecule has 0 atom stereocenters. The van der Waals surface area contributed by atoms with E-state index in [1.54, 1.807) is 6.07 Å². The summed E-state index contributed by atoms with van der Waals surface area (Å²) < 4.78 is 5.84. The van der Waals surface area contributed by atoms with Crippen molar-refractivity contribution in [3.8, 4) is 0 Å². The van der Waals surface area contributed by atoms with Crippen molar-refractivity contribution in [1.82, 2.24) is 14.9 Å². The molecule has 1 fully saturated rings. The van der Waals surface area contributed by atoms with Gasteiger partial charge >= 0.3 is 0 Å². The molecule has 2 aromatic heterocycles. The van der Waals surface area contributed by atoms with Crippen molar-refractivity contribution in [2.24, 2.45) is 5.92 Å². The molecule has 0 saturated heterocycles. The van der Waals surface area contributed by atoms with E-state index in [1.807, 2.05) is 36.4 Å². The summed E-state index contributed by atoms with van der Waals surface area (Å²) in [6.45, 7) is 4.68. The van der Waals surface area contributed by atoms with Crippen LogP contribution < -0.4 is 0 Å². The van der Waals surface area contributed by atoms with Gasteiger partial charge in [0.2, 0.25) is 0 Å². The lowest BCUT2D eigenvalue weighted by molar-refractivity contribution is 0.0726. The molecule has 1 aliphatic heterocycles. The Kier molecular flexibility index (Phi) is 4.49. The Labute approximate surface area is 148 Å². The standard InChI is InChI=1S/C20H23N3O2/c1-14-3-2-4-19(22-14)20(24)23-8-7-18-16(11-23)9-21-10-17(18)13-25-12-15-5-6-15/h2-4,9-10,15H,5-8,11-13H2,1H3. The third kappa shape index (κ3) is 3.71. The number of hydrogen-bond acceptors (Lipinski definition) is 4. The zero-order valence-corrected chi connectivity index (χ0v) is 14.6. The maximum Gasteiger partial charge on any atom is 0.272 e. The summed E-state index contributed by atoms with van der Waals surface area (Å²) in [5.41, 5.74) is 4.96. The number of carbonyl (C=O) groups is 1. The molecule has 2 aliphatic rings. The molecule has 1 saturated carbocycles. The predicted octanol–water partition coefficient (Wildman–Crippen LogP) is 2.91.